The number of aliphatic hydroxyl groups is 1. The van der Waals surface area contributed by atoms with Crippen LogP contribution in [0.5, 0.6) is 11.5 Å². The summed E-state index contributed by atoms with van der Waals surface area (Å²) in [7, 11) is 0. The molecule has 3 nitrogen and oxygen atoms in total. The number of rotatable bonds is 19. The Morgan fingerprint density at radius 1 is 0.677 bits per heavy atom. The van der Waals surface area contributed by atoms with Gasteiger partial charge in [-0.3, -0.25) is 0 Å². The lowest BCUT2D eigenvalue weighted by atomic mass is 9.86. The van der Waals surface area contributed by atoms with E-state index in [-0.39, 0.29) is 24.0 Å². The predicted molar refractivity (Wildman–Crippen MR) is 133 cm³/mol. The van der Waals surface area contributed by atoms with Crippen LogP contribution in [0.1, 0.15) is 134 Å². The molecule has 1 aromatic carbocycles. The summed E-state index contributed by atoms with van der Waals surface area (Å²) in [6, 6.07) is 3.78. The second-order valence-electron chi connectivity index (χ2n) is 9.68. The predicted octanol–water partition coefficient (Wildman–Crippen LogP) is 8.24. The zero-order valence-electron chi connectivity index (χ0n) is 20.7. The van der Waals surface area contributed by atoms with E-state index in [4.69, 9.17) is 5.11 Å². The molecule has 0 saturated heterocycles. The highest BCUT2D eigenvalue weighted by atomic mass is 16.3. The van der Waals surface area contributed by atoms with E-state index >= 15 is 0 Å². The molecular formula is C28H50O3. The third-order valence-corrected chi connectivity index (χ3v) is 6.61. The van der Waals surface area contributed by atoms with Crippen molar-refractivity contribution in [2.24, 2.45) is 5.92 Å². The smallest absolute Gasteiger partial charge is 0.123 e. The molecule has 1 rings (SSSR count). The van der Waals surface area contributed by atoms with E-state index in [2.05, 4.69) is 20.8 Å². The number of benzene rings is 1. The minimum absolute atomic E-state index is 0.192. The van der Waals surface area contributed by atoms with Crippen molar-refractivity contribution in [3.63, 3.8) is 0 Å². The molecule has 3 N–H and O–H groups in total. The van der Waals surface area contributed by atoms with Gasteiger partial charge < -0.3 is 15.3 Å². The Hall–Kier alpha value is -1.22. The molecule has 31 heavy (non-hydrogen) atoms. The summed E-state index contributed by atoms with van der Waals surface area (Å²) in [5.74, 6) is 1.29. The van der Waals surface area contributed by atoms with Crippen LogP contribution in [0.3, 0.4) is 0 Å². The zero-order chi connectivity index (χ0) is 22.9. The Kier molecular flexibility index (Phi) is 15.6. The summed E-state index contributed by atoms with van der Waals surface area (Å²) in [5.41, 5.74) is 1.78. The Morgan fingerprint density at radius 3 is 1.81 bits per heavy atom. The van der Waals surface area contributed by atoms with E-state index in [1.165, 1.54) is 51.4 Å². The number of hydrogen-bond donors (Lipinski definition) is 3. The fourth-order valence-electron chi connectivity index (χ4n) is 4.73. The van der Waals surface area contributed by atoms with Gasteiger partial charge in [-0.1, -0.05) is 97.8 Å². The molecule has 180 valence electrons. The van der Waals surface area contributed by atoms with Gasteiger partial charge in [0.25, 0.3) is 0 Å². The van der Waals surface area contributed by atoms with Crippen molar-refractivity contribution in [3.8, 4) is 11.5 Å². The van der Waals surface area contributed by atoms with Crippen molar-refractivity contribution in [3.05, 3.63) is 23.3 Å². The van der Waals surface area contributed by atoms with Crippen molar-refractivity contribution in [2.45, 2.75) is 129 Å². The maximum absolute atomic E-state index is 10.8. The molecule has 0 fully saturated rings. The Labute approximate surface area is 192 Å². The Bertz CT molecular complexity index is 546. The van der Waals surface area contributed by atoms with E-state index in [9.17, 15) is 10.2 Å². The van der Waals surface area contributed by atoms with Gasteiger partial charge in [-0.05, 0) is 55.2 Å². The summed E-state index contributed by atoms with van der Waals surface area (Å²) in [5, 5.41) is 30.6. The molecule has 0 aliphatic rings. The first kappa shape index (κ1) is 27.8. The molecule has 0 radical (unpaired) electrons. The van der Waals surface area contributed by atoms with Crippen molar-refractivity contribution in [1.29, 1.82) is 0 Å². The molecule has 0 aromatic heterocycles. The Morgan fingerprint density at radius 2 is 1.19 bits per heavy atom. The van der Waals surface area contributed by atoms with Gasteiger partial charge in [0.1, 0.15) is 11.5 Å². The van der Waals surface area contributed by atoms with Crippen molar-refractivity contribution < 1.29 is 15.3 Å². The van der Waals surface area contributed by atoms with Crippen LogP contribution in [0.15, 0.2) is 12.1 Å². The van der Waals surface area contributed by atoms with Gasteiger partial charge in [-0.25, -0.2) is 0 Å². The quantitative estimate of drug-likeness (QED) is 0.192. The second-order valence-corrected chi connectivity index (χ2v) is 9.68. The van der Waals surface area contributed by atoms with E-state index in [1.54, 1.807) is 0 Å². The monoisotopic (exact) mass is 434 g/mol. The van der Waals surface area contributed by atoms with Gasteiger partial charge >= 0.3 is 0 Å². The maximum atomic E-state index is 10.8. The fourth-order valence-corrected chi connectivity index (χ4v) is 4.73. The molecule has 0 bridgehead atoms. The highest BCUT2D eigenvalue weighted by Gasteiger charge is 2.20. The summed E-state index contributed by atoms with van der Waals surface area (Å²) in [6.45, 7) is 6.96. The number of unbranched alkanes of at least 4 members (excludes halogenated alkanes) is 9. The number of aliphatic hydroxyl groups excluding tert-OH is 1. The minimum atomic E-state index is 0.192. The van der Waals surface area contributed by atoms with E-state index in [0.29, 0.717) is 5.92 Å². The van der Waals surface area contributed by atoms with E-state index in [1.807, 2.05) is 12.1 Å². The number of phenolic OH excluding ortho intramolecular Hbond substituents is 2. The average molecular weight is 435 g/mol. The zero-order valence-corrected chi connectivity index (χ0v) is 20.7. The first-order valence-electron chi connectivity index (χ1n) is 13.2. The lowest BCUT2D eigenvalue weighted by Gasteiger charge is -2.21. The van der Waals surface area contributed by atoms with Gasteiger partial charge in [-0.15, -0.1) is 0 Å². The van der Waals surface area contributed by atoms with Gasteiger partial charge in [0, 0.05) is 12.2 Å². The SMILES string of the molecule is CCCCCCCCCC(C)Cc1cc(O)c([C@@H](CCCC)CCCCCO)c(O)c1. The Balaban J connectivity index is 2.60. The topological polar surface area (TPSA) is 60.7 Å². The summed E-state index contributed by atoms with van der Waals surface area (Å²) in [4.78, 5) is 0. The van der Waals surface area contributed by atoms with Crippen LogP contribution in [0, 0.1) is 5.92 Å². The number of hydrogen-bond acceptors (Lipinski definition) is 3. The third kappa shape index (κ3) is 11.8. The second kappa shape index (κ2) is 17.3. The van der Waals surface area contributed by atoms with Crippen LogP contribution < -0.4 is 0 Å². The number of aromatic hydroxyl groups is 2. The molecular weight excluding hydrogens is 384 g/mol. The van der Waals surface area contributed by atoms with Crippen molar-refractivity contribution >= 4 is 0 Å². The van der Waals surface area contributed by atoms with Crippen molar-refractivity contribution in [2.75, 3.05) is 6.61 Å². The average Bonchev–Trinajstić information content (AvgIpc) is 2.73. The summed E-state index contributed by atoms with van der Waals surface area (Å²) >= 11 is 0. The van der Waals surface area contributed by atoms with Gasteiger partial charge in [0.2, 0.25) is 0 Å². The van der Waals surface area contributed by atoms with Crippen LogP contribution in [0.2, 0.25) is 0 Å². The van der Waals surface area contributed by atoms with E-state index < -0.39 is 0 Å². The summed E-state index contributed by atoms with van der Waals surface area (Å²) in [6.07, 6.45) is 18.5. The van der Waals surface area contributed by atoms with Gasteiger partial charge in [0.05, 0.1) is 0 Å². The molecule has 0 saturated carbocycles. The van der Waals surface area contributed by atoms with Gasteiger partial charge in [-0.2, -0.15) is 0 Å². The first-order valence-corrected chi connectivity index (χ1v) is 13.2. The summed E-state index contributed by atoms with van der Waals surface area (Å²) < 4.78 is 0. The molecule has 3 heteroatoms. The molecule has 0 spiro atoms. The lowest BCUT2D eigenvalue weighted by Crippen LogP contribution is -2.04. The minimum Gasteiger partial charge on any atom is -0.508 e. The van der Waals surface area contributed by atoms with Crippen LogP contribution in [0.25, 0.3) is 0 Å². The molecule has 2 atom stereocenters. The van der Waals surface area contributed by atoms with Crippen LogP contribution >= 0.6 is 0 Å². The molecule has 1 unspecified atom stereocenters. The van der Waals surface area contributed by atoms with Gasteiger partial charge in [0.15, 0.2) is 0 Å². The first-order chi connectivity index (χ1) is 15.0. The van der Waals surface area contributed by atoms with Crippen LogP contribution in [-0.2, 0) is 6.42 Å². The highest BCUT2D eigenvalue weighted by molar-refractivity contribution is 5.48. The van der Waals surface area contributed by atoms with E-state index in [0.717, 1.165) is 62.5 Å². The lowest BCUT2D eigenvalue weighted by molar-refractivity contribution is 0.281. The highest BCUT2D eigenvalue weighted by Crippen LogP contribution is 2.41. The normalized spacial score (nSPS) is 13.4. The fraction of sp³-hybridized carbons (Fsp3) is 0.786. The van der Waals surface area contributed by atoms with Crippen LogP contribution in [-0.4, -0.2) is 21.9 Å². The maximum Gasteiger partial charge on any atom is 0.123 e. The number of phenols is 2. The van der Waals surface area contributed by atoms with Crippen LogP contribution in [0.4, 0.5) is 0 Å². The third-order valence-electron chi connectivity index (χ3n) is 6.61. The standard InChI is InChI=1S/C28H50O3/c1-4-6-8-9-10-11-13-16-23(3)20-24-21-26(30)28(27(31)22-24)25(17-7-5-2)18-14-12-15-19-29/h21-23,25,29-31H,4-20H2,1-3H3/t23?,25-/m0/s1. The van der Waals surface area contributed by atoms with Crippen molar-refractivity contribution in [1.82, 2.24) is 0 Å². The molecule has 1 aromatic rings. The molecule has 0 heterocycles. The molecule has 0 aliphatic heterocycles. The largest absolute Gasteiger partial charge is 0.508 e. The molecule has 0 aliphatic carbocycles. The molecule has 0 amide bonds.